The Labute approximate surface area is 76.1 Å². The quantitative estimate of drug-likeness (QED) is 0.653. The van der Waals surface area contributed by atoms with Crippen LogP contribution in [0, 0.1) is 0 Å². The minimum absolute atomic E-state index is 0.403. The van der Waals surface area contributed by atoms with Gasteiger partial charge in [-0.1, -0.05) is 18.2 Å². The molecule has 13 heavy (non-hydrogen) atoms. The Morgan fingerprint density at radius 1 is 1.31 bits per heavy atom. The van der Waals surface area contributed by atoms with Crippen molar-refractivity contribution in [1.29, 1.82) is 0 Å². The molecule has 1 saturated heterocycles. The number of fused-ring (bicyclic) bond motifs is 1. The zero-order valence-corrected chi connectivity index (χ0v) is 7.19. The number of para-hydroxylation sites is 1. The van der Waals surface area contributed by atoms with Gasteiger partial charge in [0.05, 0.1) is 12.7 Å². The predicted molar refractivity (Wildman–Crippen MR) is 49.7 cm³/mol. The molecule has 0 radical (unpaired) electrons. The molecule has 1 aliphatic heterocycles. The highest BCUT2D eigenvalue weighted by atomic mass is 16.6. The van der Waals surface area contributed by atoms with Gasteiger partial charge in [-0.3, -0.25) is 0 Å². The molecular weight excluding hydrogens is 164 g/mol. The molecule has 1 unspecified atom stereocenters. The van der Waals surface area contributed by atoms with Gasteiger partial charge in [-0.25, -0.2) is 0 Å². The van der Waals surface area contributed by atoms with Gasteiger partial charge in [-0.05, 0) is 12.1 Å². The molecule has 3 rings (SSSR count). The second-order valence-electron chi connectivity index (χ2n) is 3.41. The lowest BCUT2D eigenvalue weighted by molar-refractivity contribution is 0.392. The van der Waals surface area contributed by atoms with Crippen molar-refractivity contribution in [3.63, 3.8) is 0 Å². The third-order valence-electron chi connectivity index (χ3n) is 2.31. The van der Waals surface area contributed by atoms with Crippen LogP contribution in [-0.4, -0.2) is 12.7 Å². The number of epoxide rings is 1. The summed E-state index contributed by atoms with van der Waals surface area (Å²) in [7, 11) is 0. The van der Waals surface area contributed by atoms with E-state index in [0.29, 0.717) is 6.10 Å². The highest BCUT2D eigenvalue weighted by Gasteiger charge is 2.24. The topological polar surface area (TPSA) is 25.7 Å². The number of hydrogen-bond donors (Lipinski definition) is 0. The van der Waals surface area contributed by atoms with Gasteiger partial charge < -0.3 is 9.15 Å². The van der Waals surface area contributed by atoms with E-state index in [4.69, 9.17) is 9.15 Å². The van der Waals surface area contributed by atoms with E-state index in [1.807, 2.05) is 18.2 Å². The van der Waals surface area contributed by atoms with Gasteiger partial charge in [0.2, 0.25) is 0 Å². The second kappa shape index (κ2) is 2.60. The van der Waals surface area contributed by atoms with Gasteiger partial charge >= 0.3 is 0 Å². The van der Waals surface area contributed by atoms with Crippen molar-refractivity contribution in [3.05, 3.63) is 36.1 Å². The van der Waals surface area contributed by atoms with Crippen LogP contribution in [0.25, 0.3) is 11.0 Å². The van der Waals surface area contributed by atoms with Crippen LogP contribution in [0.3, 0.4) is 0 Å². The fourth-order valence-corrected chi connectivity index (χ4v) is 1.55. The summed E-state index contributed by atoms with van der Waals surface area (Å²) >= 11 is 0. The number of furan rings is 1. The lowest BCUT2D eigenvalue weighted by Crippen LogP contribution is -1.88. The van der Waals surface area contributed by atoms with Crippen molar-refractivity contribution in [2.45, 2.75) is 12.5 Å². The summed E-state index contributed by atoms with van der Waals surface area (Å²) in [6.07, 6.45) is 1.31. The minimum atomic E-state index is 0.403. The molecule has 66 valence electrons. The Morgan fingerprint density at radius 2 is 2.15 bits per heavy atom. The smallest absolute Gasteiger partial charge is 0.134 e. The molecule has 0 amide bonds. The first-order chi connectivity index (χ1) is 6.42. The maximum atomic E-state index is 5.64. The summed E-state index contributed by atoms with van der Waals surface area (Å²) in [6.45, 7) is 0.886. The van der Waals surface area contributed by atoms with Gasteiger partial charge in [-0.15, -0.1) is 0 Å². The molecule has 2 nitrogen and oxygen atoms in total. The normalized spacial score (nSPS) is 20.8. The molecule has 0 N–H and O–H groups in total. The van der Waals surface area contributed by atoms with Crippen molar-refractivity contribution >= 4 is 11.0 Å². The summed E-state index contributed by atoms with van der Waals surface area (Å²) in [6, 6.07) is 10.2. The maximum absolute atomic E-state index is 5.64. The van der Waals surface area contributed by atoms with Crippen molar-refractivity contribution < 1.29 is 9.15 Å². The second-order valence-corrected chi connectivity index (χ2v) is 3.41. The first-order valence-corrected chi connectivity index (χ1v) is 4.51. The van der Waals surface area contributed by atoms with Crippen LogP contribution in [0.5, 0.6) is 0 Å². The van der Waals surface area contributed by atoms with E-state index in [-0.39, 0.29) is 0 Å². The van der Waals surface area contributed by atoms with Gasteiger partial charge in [0.15, 0.2) is 0 Å². The molecule has 2 heteroatoms. The number of hydrogen-bond acceptors (Lipinski definition) is 2. The molecule has 1 atom stereocenters. The molecular formula is C11H10O2. The monoisotopic (exact) mass is 174 g/mol. The van der Waals surface area contributed by atoms with Crippen LogP contribution >= 0.6 is 0 Å². The molecule has 0 bridgehead atoms. The molecule has 1 fully saturated rings. The average molecular weight is 174 g/mol. The molecule has 0 aliphatic carbocycles. The third-order valence-corrected chi connectivity index (χ3v) is 2.31. The lowest BCUT2D eigenvalue weighted by atomic mass is 10.2. The van der Waals surface area contributed by atoms with E-state index in [1.54, 1.807) is 0 Å². The Hall–Kier alpha value is -1.28. The largest absolute Gasteiger partial charge is 0.461 e. The standard InChI is InChI=1S/C11H10O2/c1-2-4-11-8(3-1)5-9(13-11)6-10-7-12-10/h1-5,10H,6-7H2. The number of ether oxygens (including phenoxy) is 1. The first kappa shape index (κ1) is 7.15. The summed E-state index contributed by atoms with van der Waals surface area (Å²) < 4.78 is 10.8. The van der Waals surface area contributed by atoms with Gasteiger partial charge in [0, 0.05) is 11.8 Å². The van der Waals surface area contributed by atoms with Crippen LogP contribution in [-0.2, 0) is 11.2 Å². The Kier molecular flexibility index (Phi) is 1.43. The molecule has 1 aliphatic rings. The highest BCUT2D eigenvalue weighted by molar-refractivity contribution is 5.77. The van der Waals surface area contributed by atoms with E-state index in [0.717, 1.165) is 24.4 Å². The van der Waals surface area contributed by atoms with Crippen molar-refractivity contribution in [2.75, 3.05) is 6.61 Å². The Morgan fingerprint density at radius 3 is 2.92 bits per heavy atom. The molecule has 0 spiro atoms. The van der Waals surface area contributed by atoms with E-state index >= 15 is 0 Å². The fraction of sp³-hybridized carbons (Fsp3) is 0.273. The molecule has 2 heterocycles. The van der Waals surface area contributed by atoms with Gasteiger partial charge in [0.1, 0.15) is 11.3 Å². The lowest BCUT2D eigenvalue weighted by Gasteiger charge is -1.87. The van der Waals surface area contributed by atoms with E-state index in [9.17, 15) is 0 Å². The maximum Gasteiger partial charge on any atom is 0.134 e. The first-order valence-electron chi connectivity index (χ1n) is 4.51. The summed E-state index contributed by atoms with van der Waals surface area (Å²) in [5.41, 5.74) is 0.971. The zero-order valence-electron chi connectivity index (χ0n) is 7.19. The predicted octanol–water partition coefficient (Wildman–Crippen LogP) is 2.37. The number of benzene rings is 1. The minimum Gasteiger partial charge on any atom is -0.461 e. The highest BCUT2D eigenvalue weighted by Crippen LogP contribution is 2.23. The summed E-state index contributed by atoms with van der Waals surface area (Å²) in [5.74, 6) is 1.03. The summed E-state index contributed by atoms with van der Waals surface area (Å²) in [4.78, 5) is 0. The fourth-order valence-electron chi connectivity index (χ4n) is 1.55. The Bertz CT molecular complexity index is 393. The summed E-state index contributed by atoms with van der Waals surface area (Å²) in [5, 5.41) is 1.18. The molecule has 1 aromatic carbocycles. The average Bonchev–Trinajstić information content (AvgIpc) is 2.85. The van der Waals surface area contributed by atoms with E-state index in [2.05, 4.69) is 12.1 Å². The van der Waals surface area contributed by atoms with Crippen LogP contribution in [0.15, 0.2) is 34.7 Å². The van der Waals surface area contributed by atoms with Crippen LogP contribution in [0.1, 0.15) is 5.76 Å². The Balaban J connectivity index is 2.00. The van der Waals surface area contributed by atoms with Crippen molar-refractivity contribution in [2.24, 2.45) is 0 Å². The van der Waals surface area contributed by atoms with Gasteiger partial charge in [-0.2, -0.15) is 0 Å². The van der Waals surface area contributed by atoms with E-state index < -0.39 is 0 Å². The molecule has 2 aromatic rings. The molecule has 1 aromatic heterocycles. The number of rotatable bonds is 2. The molecule has 0 saturated carbocycles. The SMILES string of the molecule is c1ccc2oc(CC3CO3)cc2c1. The zero-order chi connectivity index (χ0) is 8.67. The van der Waals surface area contributed by atoms with Gasteiger partial charge in [0.25, 0.3) is 0 Å². The van der Waals surface area contributed by atoms with Crippen LogP contribution in [0.4, 0.5) is 0 Å². The van der Waals surface area contributed by atoms with Crippen LogP contribution < -0.4 is 0 Å². The van der Waals surface area contributed by atoms with Crippen molar-refractivity contribution in [1.82, 2.24) is 0 Å². The van der Waals surface area contributed by atoms with Crippen molar-refractivity contribution in [3.8, 4) is 0 Å². The van der Waals surface area contributed by atoms with Crippen LogP contribution in [0.2, 0.25) is 0 Å². The van der Waals surface area contributed by atoms with E-state index in [1.165, 1.54) is 5.39 Å². The third kappa shape index (κ3) is 1.33.